The Morgan fingerprint density at radius 1 is 0.917 bits per heavy atom. The summed E-state index contributed by atoms with van der Waals surface area (Å²) in [6.07, 6.45) is 0. The summed E-state index contributed by atoms with van der Waals surface area (Å²) in [7, 11) is 0. The van der Waals surface area contributed by atoms with Crippen LogP contribution in [0.25, 0.3) is 0 Å². The van der Waals surface area contributed by atoms with E-state index in [0.717, 1.165) is 0 Å². The van der Waals surface area contributed by atoms with Gasteiger partial charge >= 0.3 is 0 Å². The normalized spacial score (nSPS) is 3.42. The van der Waals surface area contributed by atoms with Gasteiger partial charge in [-0.15, -0.1) is 12.6 Å². The van der Waals surface area contributed by atoms with Gasteiger partial charge in [0.15, 0.2) is 0 Å². The number of rotatable bonds is 0. The summed E-state index contributed by atoms with van der Waals surface area (Å²) in [6.45, 7) is 10.0. The topological polar surface area (TPSA) is 121 Å². The van der Waals surface area contributed by atoms with E-state index in [1.807, 2.05) is 0 Å². The highest BCUT2D eigenvalue weighted by atomic mass is 32.1. The van der Waals surface area contributed by atoms with E-state index in [1.54, 1.807) is 0 Å². The summed E-state index contributed by atoms with van der Waals surface area (Å²) < 4.78 is 0.194. The van der Waals surface area contributed by atoms with Gasteiger partial charge in [-0.25, -0.2) is 0 Å². The molecule has 72 valence electrons. The van der Waals surface area contributed by atoms with Gasteiger partial charge in [0.2, 0.25) is 0 Å². The fourth-order valence-electron chi connectivity index (χ4n) is 0. The van der Waals surface area contributed by atoms with Crippen molar-refractivity contribution in [1.82, 2.24) is 0 Å². The molecule has 0 aliphatic rings. The second-order valence-electron chi connectivity index (χ2n) is 0.338. The molecular formula is C5H15N5S2. The monoisotopic (exact) mass is 209 g/mol. The minimum atomic E-state index is 0.194. The third-order valence-corrected chi connectivity index (χ3v) is 0. The number of nitrogens with two attached hydrogens (primary N) is 1. The van der Waals surface area contributed by atoms with Crippen LogP contribution in [0, 0.1) is 21.6 Å². The molecule has 0 aliphatic carbocycles. The Kier molecular flexibility index (Phi) is 547. The molecule has 0 aliphatic heterocycles. The number of thiocarbonyl (C=S) groups is 1. The molecule has 0 aromatic rings. The molecule has 0 heterocycles. The lowest BCUT2D eigenvalue weighted by molar-refractivity contribution is 1.61. The maximum Gasteiger partial charge on any atom is 0.128 e. The SMILES string of the molecule is C=N.C=N.C=N.C=N.NC(=S)S. The van der Waals surface area contributed by atoms with Crippen molar-refractivity contribution in [2.75, 3.05) is 0 Å². The molecule has 5 nitrogen and oxygen atoms in total. The Labute approximate surface area is 83.8 Å². The molecule has 12 heavy (non-hydrogen) atoms. The average Bonchev–Trinajstić information content (AvgIpc) is 2.16. The first kappa shape index (κ1) is 30.7. The molecule has 0 spiro atoms. The molecule has 6 N–H and O–H groups in total. The van der Waals surface area contributed by atoms with Gasteiger partial charge in [0.05, 0.1) is 0 Å². The van der Waals surface area contributed by atoms with E-state index < -0.39 is 0 Å². The summed E-state index contributed by atoms with van der Waals surface area (Å²) in [5, 5.41) is 22.0. The van der Waals surface area contributed by atoms with E-state index in [9.17, 15) is 0 Å². The van der Waals surface area contributed by atoms with Gasteiger partial charge in [-0.3, -0.25) is 0 Å². The van der Waals surface area contributed by atoms with Crippen LogP contribution in [0.5, 0.6) is 0 Å². The Morgan fingerprint density at radius 2 is 0.917 bits per heavy atom. The van der Waals surface area contributed by atoms with Crippen LogP contribution in [0.3, 0.4) is 0 Å². The second kappa shape index (κ2) is 214. The molecule has 0 atom stereocenters. The number of thiol groups is 1. The number of hydrogen-bond donors (Lipinski definition) is 6. The third kappa shape index (κ3) is 480. The van der Waals surface area contributed by atoms with Gasteiger partial charge in [0.1, 0.15) is 4.32 Å². The minimum absolute atomic E-state index is 0.194. The van der Waals surface area contributed by atoms with Gasteiger partial charge < -0.3 is 27.4 Å². The van der Waals surface area contributed by atoms with Crippen molar-refractivity contribution >= 4 is 56.0 Å². The Morgan fingerprint density at radius 3 is 0.917 bits per heavy atom. The second-order valence-corrected chi connectivity index (χ2v) is 1.56. The zero-order valence-electron chi connectivity index (χ0n) is 6.76. The van der Waals surface area contributed by atoms with Crippen LogP contribution in [-0.4, -0.2) is 31.2 Å². The summed E-state index contributed by atoms with van der Waals surface area (Å²) in [5.41, 5.74) is 4.71. The largest absolute Gasteiger partial charge is 0.385 e. The molecule has 0 amide bonds. The molecule has 0 radical (unpaired) electrons. The van der Waals surface area contributed by atoms with Crippen molar-refractivity contribution in [3.05, 3.63) is 0 Å². The lowest BCUT2D eigenvalue weighted by Crippen LogP contribution is -1.94. The van der Waals surface area contributed by atoms with Crippen molar-refractivity contribution in [2.24, 2.45) is 5.73 Å². The Bertz CT molecular complexity index is 68.2. The highest BCUT2D eigenvalue weighted by Crippen LogP contribution is 1.63. The number of nitrogens with one attached hydrogen (secondary N) is 4. The van der Waals surface area contributed by atoms with Crippen LogP contribution in [0.2, 0.25) is 0 Å². The fraction of sp³-hybridized carbons (Fsp3) is 0. The van der Waals surface area contributed by atoms with E-state index in [1.165, 1.54) is 0 Å². The average molecular weight is 209 g/mol. The van der Waals surface area contributed by atoms with Gasteiger partial charge in [0, 0.05) is 0 Å². The molecule has 0 saturated heterocycles. The molecule has 0 aromatic heterocycles. The predicted octanol–water partition coefficient (Wildman–Crippen LogP) is 1.22. The molecule has 0 rings (SSSR count). The molecule has 0 unspecified atom stereocenters. The van der Waals surface area contributed by atoms with E-state index >= 15 is 0 Å². The maximum atomic E-state index is 5.50. The Hall–Kier alpha value is -1.08. The summed E-state index contributed by atoms with van der Waals surface area (Å²) in [5.74, 6) is 0. The molecule has 0 fully saturated rings. The zero-order valence-corrected chi connectivity index (χ0v) is 8.47. The van der Waals surface area contributed by atoms with Crippen molar-refractivity contribution in [2.45, 2.75) is 0 Å². The van der Waals surface area contributed by atoms with E-state index in [0.29, 0.717) is 0 Å². The van der Waals surface area contributed by atoms with Crippen LogP contribution < -0.4 is 5.73 Å². The summed E-state index contributed by atoms with van der Waals surface area (Å²) in [6, 6.07) is 0. The molecule has 0 bridgehead atoms. The van der Waals surface area contributed by atoms with Gasteiger partial charge in [-0.1, -0.05) is 12.2 Å². The minimum Gasteiger partial charge on any atom is -0.385 e. The van der Waals surface area contributed by atoms with Crippen molar-refractivity contribution < 1.29 is 0 Å². The zero-order chi connectivity index (χ0) is 11.6. The lowest BCUT2D eigenvalue weighted by Gasteiger charge is -1.64. The van der Waals surface area contributed by atoms with Crippen molar-refractivity contribution in [3.63, 3.8) is 0 Å². The molecule has 0 aromatic carbocycles. The first-order valence-corrected chi connectivity index (χ1v) is 2.99. The third-order valence-electron chi connectivity index (χ3n) is 0. The van der Waals surface area contributed by atoms with Crippen LogP contribution in [0.1, 0.15) is 0 Å². The van der Waals surface area contributed by atoms with E-state index in [2.05, 4.69) is 51.7 Å². The van der Waals surface area contributed by atoms with E-state index in [-0.39, 0.29) is 4.32 Å². The van der Waals surface area contributed by atoms with Crippen LogP contribution in [-0.2, 0) is 0 Å². The molecular weight excluding hydrogens is 194 g/mol. The highest BCUT2D eigenvalue weighted by Gasteiger charge is 1.55. The van der Waals surface area contributed by atoms with Gasteiger partial charge in [-0.2, -0.15) is 0 Å². The van der Waals surface area contributed by atoms with Crippen LogP contribution in [0.4, 0.5) is 0 Å². The molecule has 7 heteroatoms. The molecule has 0 saturated carbocycles. The van der Waals surface area contributed by atoms with Gasteiger partial charge in [0.25, 0.3) is 0 Å². The van der Waals surface area contributed by atoms with Crippen molar-refractivity contribution in [3.8, 4) is 0 Å². The first-order chi connectivity index (χ1) is 5.73. The van der Waals surface area contributed by atoms with Crippen LogP contribution >= 0.6 is 24.8 Å². The van der Waals surface area contributed by atoms with Crippen molar-refractivity contribution in [1.29, 1.82) is 21.6 Å². The fourth-order valence-corrected chi connectivity index (χ4v) is 0. The highest BCUT2D eigenvalue weighted by molar-refractivity contribution is 8.10. The smallest absolute Gasteiger partial charge is 0.128 e. The van der Waals surface area contributed by atoms with E-state index in [4.69, 9.17) is 27.4 Å². The quantitative estimate of drug-likeness (QED) is 0.204. The Balaban J connectivity index is -0.0000000181. The van der Waals surface area contributed by atoms with Gasteiger partial charge in [-0.05, 0) is 26.9 Å². The lowest BCUT2D eigenvalue weighted by atomic mass is 11.5. The standard InChI is InChI=1S/CH3NS2.4CH3N/c2-1(3)4;4*1-2/h(H3,2,3,4);4*2H,1H2. The summed E-state index contributed by atoms with van der Waals surface area (Å²) >= 11 is 7.65. The number of hydrogen-bond acceptors (Lipinski definition) is 5. The maximum absolute atomic E-state index is 5.50. The predicted molar refractivity (Wildman–Crippen MR) is 65.1 cm³/mol. The summed E-state index contributed by atoms with van der Waals surface area (Å²) in [4.78, 5) is 0. The van der Waals surface area contributed by atoms with Crippen LogP contribution in [0.15, 0.2) is 0 Å². The first-order valence-electron chi connectivity index (χ1n) is 2.13.